The molecule has 2 rings (SSSR count). The van der Waals surface area contributed by atoms with E-state index in [1.54, 1.807) is 0 Å². The zero-order valence-electron chi connectivity index (χ0n) is 11.2. The number of hydrogen-bond donors (Lipinski definition) is 1. The predicted octanol–water partition coefficient (Wildman–Crippen LogP) is 2.36. The predicted molar refractivity (Wildman–Crippen MR) is 72.3 cm³/mol. The Hall–Kier alpha value is -1.71. The summed E-state index contributed by atoms with van der Waals surface area (Å²) in [5.74, 6) is 0.723. The summed E-state index contributed by atoms with van der Waals surface area (Å²) in [5, 5.41) is 3.25. The quantitative estimate of drug-likeness (QED) is 0.892. The molecule has 4 nitrogen and oxygen atoms in total. The van der Waals surface area contributed by atoms with Crippen molar-refractivity contribution in [2.24, 2.45) is 0 Å². The van der Waals surface area contributed by atoms with E-state index in [4.69, 9.17) is 4.74 Å². The zero-order valence-corrected chi connectivity index (χ0v) is 11.2. The molecule has 1 N–H and O–H groups in total. The molecule has 0 atom stereocenters. The lowest BCUT2D eigenvalue weighted by molar-refractivity contribution is 0.0712. The lowest BCUT2D eigenvalue weighted by Gasteiger charge is -2.28. The Morgan fingerprint density at radius 2 is 2.28 bits per heavy atom. The largest absolute Gasteiger partial charge is 0.489 e. The molecule has 1 aliphatic rings. The van der Waals surface area contributed by atoms with Crippen molar-refractivity contribution < 1.29 is 9.53 Å². The molecular weight excluding hydrogens is 228 g/mol. The molecule has 1 aromatic carbocycles. The van der Waals surface area contributed by atoms with Crippen molar-refractivity contribution in [3.8, 4) is 5.75 Å². The Balaban J connectivity index is 2.36. The van der Waals surface area contributed by atoms with Crippen molar-refractivity contribution >= 4 is 11.6 Å². The number of amides is 1. The van der Waals surface area contributed by atoms with Gasteiger partial charge in [-0.25, -0.2) is 0 Å². The molecule has 1 heterocycles. The molecule has 4 heteroatoms. The first-order valence-electron chi connectivity index (χ1n) is 6.45. The molecule has 1 amide bonds. The number of para-hydroxylation sites is 1. The molecule has 98 valence electrons. The van der Waals surface area contributed by atoms with Crippen LogP contribution in [0.3, 0.4) is 0 Å². The molecule has 0 fully saturated rings. The lowest BCUT2D eigenvalue weighted by atomic mass is 10.1. The molecule has 18 heavy (non-hydrogen) atoms. The first kappa shape index (κ1) is 12.7. The number of benzene rings is 1. The molecule has 0 unspecified atom stereocenters. The average molecular weight is 248 g/mol. The highest BCUT2D eigenvalue weighted by Gasteiger charge is 2.23. The van der Waals surface area contributed by atoms with Crippen LogP contribution in [0, 0.1) is 0 Å². The first-order chi connectivity index (χ1) is 8.65. The van der Waals surface area contributed by atoms with Crippen LogP contribution >= 0.6 is 0 Å². The van der Waals surface area contributed by atoms with Gasteiger partial charge in [0.05, 0.1) is 11.3 Å². The van der Waals surface area contributed by atoms with Gasteiger partial charge in [0.15, 0.2) is 5.75 Å². The second kappa shape index (κ2) is 5.29. The van der Waals surface area contributed by atoms with Gasteiger partial charge < -0.3 is 15.0 Å². The molecule has 0 saturated heterocycles. The summed E-state index contributed by atoms with van der Waals surface area (Å²) < 4.78 is 5.64. The molecule has 0 bridgehead atoms. The standard InChI is InChI=1S/C14H20N2O2/c1-4-16(10(2)3)14(17)11-6-5-7-12-13(11)18-9-8-15-12/h5-7,10,15H,4,8-9H2,1-3H3. The summed E-state index contributed by atoms with van der Waals surface area (Å²) >= 11 is 0. The van der Waals surface area contributed by atoms with E-state index >= 15 is 0 Å². The van der Waals surface area contributed by atoms with Gasteiger partial charge in [-0.3, -0.25) is 4.79 Å². The zero-order chi connectivity index (χ0) is 13.1. The van der Waals surface area contributed by atoms with E-state index in [1.165, 1.54) is 0 Å². The first-order valence-corrected chi connectivity index (χ1v) is 6.45. The third-order valence-electron chi connectivity index (χ3n) is 3.13. The minimum atomic E-state index is 0.0352. The van der Waals surface area contributed by atoms with Crippen LogP contribution in [0.1, 0.15) is 31.1 Å². The summed E-state index contributed by atoms with van der Waals surface area (Å²) in [6.45, 7) is 8.13. The number of carbonyl (C=O) groups excluding carboxylic acids is 1. The second-order valence-electron chi connectivity index (χ2n) is 4.64. The van der Waals surface area contributed by atoms with E-state index in [0.717, 1.165) is 12.2 Å². The monoisotopic (exact) mass is 248 g/mol. The number of carbonyl (C=O) groups is 1. The van der Waals surface area contributed by atoms with Gasteiger partial charge in [0, 0.05) is 19.1 Å². The van der Waals surface area contributed by atoms with E-state index in [1.807, 2.05) is 43.9 Å². The van der Waals surface area contributed by atoms with Crippen molar-refractivity contribution in [3.63, 3.8) is 0 Å². The molecule has 0 saturated carbocycles. The summed E-state index contributed by atoms with van der Waals surface area (Å²) in [4.78, 5) is 14.3. The molecule has 0 radical (unpaired) electrons. The van der Waals surface area contributed by atoms with Gasteiger partial charge in [0.2, 0.25) is 0 Å². The van der Waals surface area contributed by atoms with Gasteiger partial charge in [-0.1, -0.05) is 6.07 Å². The Kier molecular flexibility index (Phi) is 3.75. The highest BCUT2D eigenvalue weighted by Crippen LogP contribution is 2.32. The van der Waals surface area contributed by atoms with Crippen LogP contribution in [-0.2, 0) is 0 Å². The van der Waals surface area contributed by atoms with Crippen molar-refractivity contribution in [2.75, 3.05) is 25.0 Å². The molecule has 0 spiro atoms. The van der Waals surface area contributed by atoms with Gasteiger partial charge >= 0.3 is 0 Å². The van der Waals surface area contributed by atoms with Gasteiger partial charge in [0.1, 0.15) is 6.61 Å². The fourth-order valence-electron chi connectivity index (χ4n) is 2.24. The van der Waals surface area contributed by atoms with Crippen LogP contribution in [0.4, 0.5) is 5.69 Å². The summed E-state index contributed by atoms with van der Waals surface area (Å²) in [5.41, 5.74) is 1.56. The number of nitrogens with one attached hydrogen (secondary N) is 1. The Labute approximate surface area is 108 Å². The van der Waals surface area contributed by atoms with Crippen LogP contribution in [0.2, 0.25) is 0 Å². The van der Waals surface area contributed by atoms with Crippen LogP contribution < -0.4 is 10.1 Å². The normalized spacial score (nSPS) is 13.6. The van der Waals surface area contributed by atoms with Crippen molar-refractivity contribution in [1.82, 2.24) is 4.90 Å². The minimum absolute atomic E-state index is 0.0352. The lowest BCUT2D eigenvalue weighted by Crippen LogP contribution is -2.37. The fraction of sp³-hybridized carbons (Fsp3) is 0.500. The Morgan fingerprint density at radius 1 is 1.50 bits per heavy atom. The van der Waals surface area contributed by atoms with E-state index in [2.05, 4.69) is 5.32 Å². The number of ether oxygens (including phenoxy) is 1. The molecule has 0 aromatic heterocycles. The average Bonchev–Trinajstić information content (AvgIpc) is 2.38. The Bertz CT molecular complexity index is 443. The summed E-state index contributed by atoms with van der Waals surface area (Å²) in [6, 6.07) is 5.85. The van der Waals surface area contributed by atoms with Crippen LogP contribution in [0.15, 0.2) is 18.2 Å². The number of rotatable bonds is 3. The maximum atomic E-state index is 12.5. The fourth-order valence-corrected chi connectivity index (χ4v) is 2.24. The summed E-state index contributed by atoms with van der Waals surface area (Å²) in [7, 11) is 0. The van der Waals surface area contributed by atoms with Gasteiger partial charge in [-0.2, -0.15) is 0 Å². The van der Waals surface area contributed by atoms with Crippen molar-refractivity contribution in [1.29, 1.82) is 0 Å². The van der Waals surface area contributed by atoms with Gasteiger partial charge in [-0.05, 0) is 32.9 Å². The topological polar surface area (TPSA) is 41.6 Å². The third-order valence-corrected chi connectivity index (χ3v) is 3.13. The number of nitrogens with zero attached hydrogens (tertiary/aromatic N) is 1. The van der Waals surface area contributed by atoms with E-state index in [0.29, 0.717) is 24.5 Å². The molecule has 1 aromatic rings. The van der Waals surface area contributed by atoms with Gasteiger partial charge in [-0.15, -0.1) is 0 Å². The summed E-state index contributed by atoms with van der Waals surface area (Å²) in [6.07, 6.45) is 0. The van der Waals surface area contributed by atoms with E-state index < -0.39 is 0 Å². The smallest absolute Gasteiger partial charge is 0.257 e. The van der Waals surface area contributed by atoms with Crippen molar-refractivity contribution in [2.45, 2.75) is 26.8 Å². The molecule has 1 aliphatic heterocycles. The molecular formula is C14H20N2O2. The second-order valence-corrected chi connectivity index (χ2v) is 4.64. The van der Waals surface area contributed by atoms with Crippen LogP contribution in [0.5, 0.6) is 5.75 Å². The van der Waals surface area contributed by atoms with E-state index in [9.17, 15) is 4.79 Å². The number of anilines is 1. The minimum Gasteiger partial charge on any atom is -0.489 e. The third kappa shape index (κ3) is 2.28. The number of fused-ring (bicyclic) bond motifs is 1. The Morgan fingerprint density at radius 3 is 2.94 bits per heavy atom. The maximum Gasteiger partial charge on any atom is 0.257 e. The van der Waals surface area contributed by atoms with Crippen molar-refractivity contribution in [3.05, 3.63) is 23.8 Å². The van der Waals surface area contributed by atoms with Crippen LogP contribution in [0.25, 0.3) is 0 Å². The highest BCUT2D eigenvalue weighted by atomic mass is 16.5. The SMILES string of the molecule is CCN(C(=O)c1cccc2c1OCCN2)C(C)C. The highest BCUT2D eigenvalue weighted by molar-refractivity contribution is 5.99. The van der Waals surface area contributed by atoms with E-state index in [-0.39, 0.29) is 11.9 Å². The maximum absolute atomic E-state index is 12.5. The molecule has 0 aliphatic carbocycles. The van der Waals surface area contributed by atoms with Gasteiger partial charge in [0.25, 0.3) is 5.91 Å². The number of hydrogen-bond acceptors (Lipinski definition) is 3. The van der Waals surface area contributed by atoms with Crippen LogP contribution in [-0.4, -0.2) is 36.5 Å².